The van der Waals surface area contributed by atoms with Gasteiger partial charge in [0.25, 0.3) is 0 Å². The maximum Gasteiger partial charge on any atom is 0.238 e. The number of aryl methyl sites for hydroxylation is 1. The average molecular weight is 537 g/mol. The first kappa shape index (κ1) is 22.6. The molecule has 2 saturated carbocycles. The van der Waals surface area contributed by atoms with Gasteiger partial charge in [0.15, 0.2) is 15.5 Å². The van der Waals surface area contributed by atoms with Gasteiger partial charge in [-0.2, -0.15) is 0 Å². The summed E-state index contributed by atoms with van der Waals surface area (Å²) in [4.78, 5) is 33.5. The van der Waals surface area contributed by atoms with E-state index < -0.39 is 0 Å². The number of nitrogens with one attached hydrogen (secondary N) is 1. The molecule has 1 saturated heterocycles. The number of anilines is 1. The molecule has 184 valence electrons. The second kappa shape index (κ2) is 7.94. The first-order valence-electron chi connectivity index (χ1n) is 12.1. The third-order valence-corrected chi connectivity index (χ3v) is 11.5. The number of methoxy groups -OCH3 is 1. The van der Waals surface area contributed by atoms with Crippen LogP contribution in [-0.2, 0) is 9.59 Å². The molecule has 3 heterocycles. The first-order valence-corrected chi connectivity index (χ1v) is 14.2. The number of thiazole rings is 1. The fraction of sp³-hybridized carbons (Fsp3) is 0.370. The van der Waals surface area contributed by atoms with Crippen LogP contribution in [0.25, 0.3) is 0 Å². The molecule has 0 radical (unpaired) electrons. The number of phenolic OH excluding ortho intramolecular Hbond substituents is 1. The molecule has 2 aliphatic heterocycles. The summed E-state index contributed by atoms with van der Waals surface area (Å²) in [6.07, 6.45) is 0.887. The molecule has 4 aliphatic rings. The van der Waals surface area contributed by atoms with Crippen LogP contribution in [0.1, 0.15) is 28.3 Å². The second-order valence-corrected chi connectivity index (χ2v) is 13.1. The Morgan fingerprint density at radius 3 is 2.53 bits per heavy atom. The van der Waals surface area contributed by atoms with E-state index in [0.717, 1.165) is 26.5 Å². The highest BCUT2D eigenvalue weighted by atomic mass is 32.2. The number of aromatic nitrogens is 1. The summed E-state index contributed by atoms with van der Waals surface area (Å²) in [5.41, 5.74) is 2.81. The van der Waals surface area contributed by atoms with Crippen LogP contribution in [0.15, 0.2) is 47.5 Å². The van der Waals surface area contributed by atoms with Crippen molar-refractivity contribution in [3.8, 4) is 11.5 Å². The number of carbonyl (C=O) groups excluding carboxylic acids is 2. The molecule has 6 nitrogen and oxygen atoms in total. The number of benzene rings is 2. The molecule has 9 heteroatoms. The molecule has 7 rings (SSSR count). The van der Waals surface area contributed by atoms with Crippen molar-refractivity contribution in [3.63, 3.8) is 0 Å². The molecule has 7 unspecified atom stereocenters. The van der Waals surface area contributed by atoms with Crippen molar-refractivity contribution in [2.45, 2.75) is 29.5 Å². The van der Waals surface area contributed by atoms with Crippen molar-refractivity contribution in [2.75, 3.05) is 12.0 Å². The molecule has 0 spiro atoms. The number of aromatic hydroxyl groups is 1. The minimum Gasteiger partial charge on any atom is -0.504 e. The number of fused-ring (bicyclic) bond motifs is 9. The molecule has 3 fully saturated rings. The van der Waals surface area contributed by atoms with Crippen molar-refractivity contribution < 1.29 is 19.4 Å². The summed E-state index contributed by atoms with van der Waals surface area (Å²) in [6.45, 7) is 2.00. The summed E-state index contributed by atoms with van der Waals surface area (Å²) in [6, 6.07) is 13.2. The standard InChI is InChI=1S/C27H24N2O4S3/c1-11-3-6-13(7-4-11)29-25(31)20-14-10-15(21(20)26(29)32)22-19(14)18(23-24(35-22)28-27(34)36-23)12-5-8-16(30)17(9-12)33-2/h3-9,14-15,18-22,30H,10H2,1-2H3,(H,28,34). The van der Waals surface area contributed by atoms with Gasteiger partial charge in [0.05, 0.1) is 29.7 Å². The zero-order chi connectivity index (χ0) is 24.9. The van der Waals surface area contributed by atoms with E-state index >= 15 is 0 Å². The van der Waals surface area contributed by atoms with E-state index in [-0.39, 0.29) is 58.3 Å². The number of rotatable bonds is 3. The molecule has 36 heavy (non-hydrogen) atoms. The van der Waals surface area contributed by atoms with Gasteiger partial charge in [-0.1, -0.05) is 23.8 Å². The number of hydrogen-bond acceptors (Lipinski definition) is 7. The summed E-state index contributed by atoms with van der Waals surface area (Å²) in [5.74, 6) is 0.328. The van der Waals surface area contributed by atoms with Gasteiger partial charge in [-0.15, -0.1) is 23.1 Å². The number of H-pyrrole nitrogens is 1. The summed E-state index contributed by atoms with van der Waals surface area (Å²) >= 11 is 8.91. The molecule has 2 bridgehead atoms. The Morgan fingerprint density at radius 1 is 1.08 bits per heavy atom. The van der Waals surface area contributed by atoms with Crippen LogP contribution in [0.3, 0.4) is 0 Å². The van der Waals surface area contributed by atoms with Gasteiger partial charge in [-0.25, -0.2) is 0 Å². The average Bonchev–Trinajstić information content (AvgIpc) is 3.59. The number of hydrogen-bond donors (Lipinski definition) is 2. The highest BCUT2D eigenvalue weighted by molar-refractivity contribution is 8.00. The molecule has 7 atom stereocenters. The number of aromatic amines is 1. The SMILES string of the molecule is COc1cc(C2c3sc(=S)[nH]c3SC3C4CC(C5C(=O)N(c6ccc(C)cc6)C(=O)C45)C23)ccc1O. The molecule has 1 aromatic heterocycles. The van der Waals surface area contributed by atoms with E-state index in [1.54, 1.807) is 36.3 Å². The monoisotopic (exact) mass is 536 g/mol. The number of imide groups is 1. The predicted molar refractivity (Wildman–Crippen MR) is 141 cm³/mol. The number of phenols is 1. The normalized spacial score (nSPS) is 31.9. The second-order valence-electron chi connectivity index (χ2n) is 10.2. The van der Waals surface area contributed by atoms with Crippen molar-refractivity contribution in [3.05, 3.63) is 62.4 Å². The van der Waals surface area contributed by atoms with Gasteiger partial charge < -0.3 is 14.8 Å². The van der Waals surface area contributed by atoms with Crippen LogP contribution in [-0.4, -0.2) is 34.3 Å². The van der Waals surface area contributed by atoms with Crippen LogP contribution >= 0.6 is 35.3 Å². The van der Waals surface area contributed by atoms with E-state index in [2.05, 4.69) is 4.98 Å². The Kier molecular flexibility index (Phi) is 4.98. The van der Waals surface area contributed by atoms with E-state index in [4.69, 9.17) is 17.0 Å². The Labute approximate surface area is 221 Å². The highest BCUT2D eigenvalue weighted by Crippen LogP contribution is 2.69. The van der Waals surface area contributed by atoms with Crippen LogP contribution in [0.4, 0.5) is 5.69 Å². The Hall–Kier alpha value is -2.62. The van der Waals surface area contributed by atoms with Crippen LogP contribution < -0.4 is 9.64 Å². The predicted octanol–water partition coefficient (Wildman–Crippen LogP) is 5.51. The lowest BCUT2D eigenvalue weighted by Gasteiger charge is -2.43. The Balaban J connectivity index is 1.33. The number of carbonyl (C=O) groups is 2. The van der Waals surface area contributed by atoms with Crippen LogP contribution in [0.2, 0.25) is 0 Å². The fourth-order valence-electron chi connectivity index (χ4n) is 7.23. The highest BCUT2D eigenvalue weighted by Gasteiger charge is 2.69. The number of ether oxygens (including phenoxy) is 1. The largest absolute Gasteiger partial charge is 0.504 e. The van der Waals surface area contributed by atoms with Crippen molar-refractivity contribution in [2.24, 2.45) is 29.6 Å². The van der Waals surface area contributed by atoms with Crippen LogP contribution in [0.5, 0.6) is 11.5 Å². The van der Waals surface area contributed by atoms with Crippen molar-refractivity contribution in [1.29, 1.82) is 0 Å². The Bertz CT molecular complexity index is 1480. The maximum atomic E-state index is 13.8. The van der Waals surface area contributed by atoms with Gasteiger partial charge in [0, 0.05) is 16.0 Å². The molecule has 2 aliphatic carbocycles. The zero-order valence-corrected chi connectivity index (χ0v) is 22.1. The summed E-state index contributed by atoms with van der Waals surface area (Å²) < 4.78 is 6.16. The van der Waals surface area contributed by atoms with E-state index in [0.29, 0.717) is 11.4 Å². The smallest absolute Gasteiger partial charge is 0.238 e. The van der Waals surface area contributed by atoms with Gasteiger partial charge in [-0.05, 0) is 73.1 Å². The van der Waals surface area contributed by atoms with Gasteiger partial charge >= 0.3 is 0 Å². The molecule has 2 amide bonds. The third-order valence-electron chi connectivity index (χ3n) is 8.58. The molecule has 2 N–H and O–H groups in total. The van der Waals surface area contributed by atoms with Crippen molar-refractivity contribution >= 4 is 52.8 Å². The number of amides is 2. The minimum atomic E-state index is -0.291. The molecular formula is C27H24N2O4S3. The lowest BCUT2D eigenvalue weighted by molar-refractivity contribution is -0.123. The lowest BCUT2D eigenvalue weighted by Crippen LogP contribution is -2.42. The van der Waals surface area contributed by atoms with Gasteiger partial charge in [-0.3, -0.25) is 14.5 Å². The summed E-state index contributed by atoms with van der Waals surface area (Å²) in [5, 5.41) is 11.5. The lowest BCUT2D eigenvalue weighted by atomic mass is 9.68. The molecule has 3 aromatic rings. The zero-order valence-electron chi connectivity index (χ0n) is 19.6. The molecular weight excluding hydrogens is 513 g/mol. The number of thioether (sulfide) groups is 1. The minimum absolute atomic E-state index is 0.0194. The van der Waals surface area contributed by atoms with Gasteiger partial charge in [0.1, 0.15) is 0 Å². The Morgan fingerprint density at radius 2 is 1.81 bits per heavy atom. The molecule has 2 aromatic carbocycles. The van der Waals surface area contributed by atoms with E-state index in [9.17, 15) is 14.7 Å². The fourth-order valence-corrected chi connectivity index (χ4v) is 10.6. The third kappa shape index (κ3) is 2.99. The van der Waals surface area contributed by atoms with Gasteiger partial charge in [0.2, 0.25) is 11.8 Å². The topological polar surface area (TPSA) is 82.6 Å². The summed E-state index contributed by atoms with van der Waals surface area (Å²) in [7, 11) is 1.55. The first-order chi connectivity index (χ1) is 17.4. The quantitative estimate of drug-likeness (QED) is 0.340. The van der Waals surface area contributed by atoms with E-state index in [1.807, 2.05) is 43.3 Å². The number of nitrogens with zero attached hydrogens (tertiary/aromatic N) is 1. The van der Waals surface area contributed by atoms with Crippen LogP contribution in [0, 0.1) is 40.5 Å². The van der Waals surface area contributed by atoms with E-state index in [1.165, 1.54) is 9.78 Å². The van der Waals surface area contributed by atoms with Crippen molar-refractivity contribution in [1.82, 2.24) is 4.98 Å². The maximum absolute atomic E-state index is 13.8.